The van der Waals surface area contributed by atoms with Gasteiger partial charge in [-0.25, -0.2) is 4.39 Å². The number of aromatic hydroxyl groups is 1. The maximum absolute atomic E-state index is 14.6. The number of nitrogens with zero attached hydrogens (tertiary/aromatic N) is 1. The monoisotopic (exact) mass is 374 g/mol. The summed E-state index contributed by atoms with van der Waals surface area (Å²) in [5.41, 5.74) is 0.865. The predicted molar refractivity (Wildman–Crippen MR) is 101 cm³/mol. The highest BCUT2D eigenvalue weighted by molar-refractivity contribution is 6.06. The van der Waals surface area contributed by atoms with Crippen LogP contribution in [0.2, 0.25) is 0 Å². The molecule has 1 aliphatic rings. The summed E-state index contributed by atoms with van der Waals surface area (Å²) in [5.74, 6) is -0.724. The van der Waals surface area contributed by atoms with E-state index in [4.69, 9.17) is 9.47 Å². The fraction of sp³-hybridized carbons (Fsp3) is 0.350. The summed E-state index contributed by atoms with van der Waals surface area (Å²) in [6, 6.07) is 8.92. The van der Waals surface area contributed by atoms with Crippen molar-refractivity contribution in [2.75, 3.05) is 30.4 Å². The molecule has 3 rings (SSSR count). The van der Waals surface area contributed by atoms with Crippen LogP contribution in [0, 0.1) is 5.82 Å². The highest BCUT2D eigenvalue weighted by atomic mass is 19.1. The summed E-state index contributed by atoms with van der Waals surface area (Å²) < 4.78 is 25.3. The lowest BCUT2D eigenvalue weighted by molar-refractivity contribution is -0.00539. The molecule has 27 heavy (non-hydrogen) atoms. The minimum atomic E-state index is -0.532. The van der Waals surface area contributed by atoms with E-state index in [2.05, 4.69) is 5.32 Å². The highest BCUT2D eigenvalue weighted by Crippen LogP contribution is 2.28. The van der Waals surface area contributed by atoms with Gasteiger partial charge in [0.1, 0.15) is 17.3 Å². The Morgan fingerprint density at radius 2 is 1.93 bits per heavy atom. The number of nitrogens with one attached hydrogen (secondary N) is 1. The Labute approximate surface area is 157 Å². The SMILES string of the molecule is COc1ccc(C(=O)Nc2ccc(N3C[C@@H](C)O[C@@H](C)C3)c(F)c2)c(O)c1. The highest BCUT2D eigenvalue weighted by Gasteiger charge is 2.24. The van der Waals surface area contributed by atoms with E-state index < -0.39 is 11.7 Å². The van der Waals surface area contributed by atoms with E-state index in [1.165, 1.54) is 25.3 Å². The van der Waals surface area contributed by atoms with Crippen molar-refractivity contribution in [3.63, 3.8) is 0 Å². The van der Waals surface area contributed by atoms with E-state index in [0.717, 1.165) is 0 Å². The lowest BCUT2D eigenvalue weighted by atomic mass is 10.1. The van der Waals surface area contributed by atoms with Gasteiger partial charge in [0.05, 0.1) is 30.6 Å². The number of amides is 1. The first-order valence-corrected chi connectivity index (χ1v) is 8.75. The third kappa shape index (κ3) is 4.31. The lowest BCUT2D eigenvalue weighted by Crippen LogP contribution is -2.45. The molecule has 1 fully saturated rings. The number of morpholine rings is 1. The Morgan fingerprint density at radius 1 is 1.22 bits per heavy atom. The second-order valence-corrected chi connectivity index (χ2v) is 6.67. The summed E-state index contributed by atoms with van der Waals surface area (Å²) in [6.45, 7) is 5.12. The van der Waals surface area contributed by atoms with Gasteiger partial charge < -0.3 is 24.8 Å². The maximum atomic E-state index is 14.6. The van der Waals surface area contributed by atoms with Crippen LogP contribution in [0.4, 0.5) is 15.8 Å². The van der Waals surface area contributed by atoms with Gasteiger partial charge in [-0.15, -0.1) is 0 Å². The molecule has 0 radical (unpaired) electrons. The predicted octanol–water partition coefficient (Wildman–Crippen LogP) is 3.41. The van der Waals surface area contributed by atoms with Crippen molar-refractivity contribution in [1.29, 1.82) is 0 Å². The van der Waals surface area contributed by atoms with Crippen molar-refractivity contribution >= 4 is 17.3 Å². The average molecular weight is 374 g/mol. The summed E-state index contributed by atoms with van der Waals surface area (Å²) >= 11 is 0. The van der Waals surface area contributed by atoms with Gasteiger partial charge in [-0.3, -0.25) is 4.79 Å². The Hall–Kier alpha value is -2.80. The fourth-order valence-electron chi connectivity index (χ4n) is 3.24. The van der Waals surface area contributed by atoms with Crippen LogP contribution in [0.25, 0.3) is 0 Å². The molecule has 2 N–H and O–H groups in total. The number of carbonyl (C=O) groups is 1. The zero-order valence-electron chi connectivity index (χ0n) is 15.5. The lowest BCUT2D eigenvalue weighted by Gasteiger charge is -2.37. The van der Waals surface area contributed by atoms with Crippen LogP contribution in [0.15, 0.2) is 36.4 Å². The summed E-state index contributed by atoms with van der Waals surface area (Å²) in [5, 5.41) is 12.6. The van der Waals surface area contributed by atoms with Crippen LogP contribution in [-0.4, -0.2) is 43.4 Å². The zero-order chi connectivity index (χ0) is 19.6. The molecular formula is C20H23FN2O4. The van der Waals surface area contributed by atoms with Gasteiger partial charge in [0.2, 0.25) is 0 Å². The Kier molecular flexibility index (Phi) is 5.51. The average Bonchev–Trinajstić information content (AvgIpc) is 2.60. The number of anilines is 2. The van der Waals surface area contributed by atoms with E-state index in [1.807, 2.05) is 18.7 Å². The normalized spacial score (nSPS) is 19.6. The number of hydrogen-bond donors (Lipinski definition) is 2. The number of carbonyl (C=O) groups excluding carboxylic acids is 1. The van der Waals surface area contributed by atoms with Crippen molar-refractivity contribution in [1.82, 2.24) is 0 Å². The molecule has 1 heterocycles. The van der Waals surface area contributed by atoms with Crippen LogP contribution in [-0.2, 0) is 4.74 Å². The largest absolute Gasteiger partial charge is 0.507 e. The van der Waals surface area contributed by atoms with E-state index in [-0.39, 0.29) is 23.5 Å². The van der Waals surface area contributed by atoms with Crippen LogP contribution in [0.1, 0.15) is 24.2 Å². The van der Waals surface area contributed by atoms with Gasteiger partial charge in [-0.05, 0) is 44.2 Å². The zero-order valence-corrected chi connectivity index (χ0v) is 15.5. The summed E-state index contributed by atoms with van der Waals surface area (Å²) in [7, 11) is 1.47. The molecule has 0 spiro atoms. The van der Waals surface area contributed by atoms with Crippen molar-refractivity contribution in [3.8, 4) is 11.5 Å². The molecule has 0 unspecified atom stereocenters. The van der Waals surface area contributed by atoms with E-state index in [9.17, 15) is 14.3 Å². The van der Waals surface area contributed by atoms with Gasteiger partial charge in [0.25, 0.3) is 5.91 Å². The standard InChI is InChI=1S/C20H23FN2O4/c1-12-10-23(11-13(2)27-12)18-7-4-14(8-17(18)21)22-20(25)16-6-5-15(26-3)9-19(16)24/h4-9,12-13,24H,10-11H2,1-3H3,(H,22,25)/t12-,13+. The van der Waals surface area contributed by atoms with E-state index in [1.54, 1.807) is 18.2 Å². The molecule has 1 saturated heterocycles. The Bertz CT molecular complexity index is 833. The molecule has 2 aromatic rings. The molecule has 0 bridgehead atoms. The second-order valence-electron chi connectivity index (χ2n) is 6.67. The molecule has 6 nitrogen and oxygen atoms in total. The Morgan fingerprint density at radius 3 is 2.52 bits per heavy atom. The van der Waals surface area contributed by atoms with Crippen molar-refractivity contribution < 1.29 is 23.8 Å². The van der Waals surface area contributed by atoms with Gasteiger partial charge in [0, 0.05) is 24.8 Å². The third-order valence-corrected chi connectivity index (χ3v) is 4.42. The first-order chi connectivity index (χ1) is 12.9. The third-order valence-electron chi connectivity index (χ3n) is 4.42. The molecule has 1 aliphatic heterocycles. The number of halogens is 1. The Balaban J connectivity index is 1.75. The molecule has 0 aliphatic carbocycles. The van der Waals surface area contributed by atoms with Gasteiger partial charge in [-0.1, -0.05) is 0 Å². The second kappa shape index (κ2) is 7.84. The van der Waals surface area contributed by atoms with E-state index in [0.29, 0.717) is 30.2 Å². The number of phenols is 1. The number of benzene rings is 2. The maximum Gasteiger partial charge on any atom is 0.259 e. The van der Waals surface area contributed by atoms with Crippen molar-refractivity contribution in [3.05, 3.63) is 47.8 Å². The molecular weight excluding hydrogens is 351 g/mol. The van der Waals surface area contributed by atoms with Gasteiger partial charge in [-0.2, -0.15) is 0 Å². The molecule has 7 heteroatoms. The summed E-state index contributed by atoms with van der Waals surface area (Å²) in [6.07, 6.45) is 0.0381. The van der Waals surface area contributed by atoms with Crippen LogP contribution >= 0.6 is 0 Å². The van der Waals surface area contributed by atoms with Crippen LogP contribution in [0.5, 0.6) is 11.5 Å². The molecule has 1 amide bonds. The van der Waals surface area contributed by atoms with Crippen molar-refractivity contribution in [2.24, 2.45) is 0 Å². The topological polar surface area (TPSA) is 71.0 Å². The van der Waals surface area contributed by atoms with Crippen molar-refractivity contribution in [2.45, 2.75) is 26.1 Å². The molecule has 144 valence electrons. The fourth-order valence-corrected chi connectivity index (χ4v) is 3.24. The van der Waals surface area contributed by atoms with Gasteiger partial charge >= 0.3 is 0 Å². The van der Waals surface area contributed by atoms with Gasteiger partial charge in [0.15, 0.2) is 0 Å². The first-order valence-electron chi connectivity index (χ1n) is 8.75. The number of ether oxygens (including phenoxy) is 2. The number of hydrogen-bond acceptors (Lipinski definition) is 5. The quantitative estimate of drug-likeness (QED) is 0.858. The number of methoxy groups -OCH3 is 1. The molecule has 2 aromatic carbocycles. The minimum absolute atomic E-state index is 0.0191. The molecule has 0 saturated carbocycles. The molecule has 0 aromatic heterocycles. The smallest absolute Gasteiger partial charge is 0.259 e. The molecule has 2 atom stereocenters. The van der Waals surface area contributed by atoms with E-state index >= 15 is 0 Å². The van der Waals surface area contributed by atoms with Crippen LogP contribution in [0.3, 0.4) is 0 Å². The minimum Gasteiger partial charge on any atom is -0.507 e. The number of phenolic OH excluding ortho intramolecular Hbond substituents is 1. The van der Waals surface area contributed by atoms with Crippen LogP contribution < -0.4 is 15.0 Å². The number of rotatable bonds is 4. The summed E-state index contributed by atoms with van der Waals surface area (Å²) in [4.78, 5) is 14.3. The first kappa shape index (κ1) is 19.0.